The number of nitrogens with zero attached hydrogens (tertiary/aromatic N) is 2. The molecular formula is C13H15ClN4O. The minimum absolute atomic E-state index is 0.266. The van der Waals surface area contributed by atoms with Crippen LogP contribution in [0, 0.1) is 0 Å². The molecular weight excluding hydrogens is 264 g/mol. The number of hydrogen-bond donors (Lipinski definition) is 2. The molecule has 0 atom stereocenters. The van der Waals surface area contributed by atoms with Crippen molar-refractivity contribution >= 4 is 23.1 Å². The highest BCUT2D eigenvalue weighted by Gasteiger charge is 2.04. The number of anilines is 2. The van der Waals surface area contributed by atoms with Gasteiger partial charge in [0.25, 0.3) is 0 Å². The van der Waals surface area contributed by atoms with Gasteiger partial charge in [0.15, 0.2) is 11.0 Å². The predicted octanol–water partition coefficient (Wildman–Crippen LogP) is 2.38. The highest BCUT2D eigenvalue weighted by Crippen LogP contribution is 2.21. The van der Waals surface area contributed by atoms with E-state index in [1.807, 2.05) is 24.3 Å². The maximum atomic E-state index is 5.81. The van der Waals surface area contributed by atoms with E-state index in [2.05, 4.69) is 15.3 Å². The fraction of sp³-hybridized carbons (Fsp3) is 0.231. The van der Waals surface area contributed by atoms with Gasteiger partial charge in [0.05, 0.1) is 7.11 Å². The number of aromatic nitrogens is 2. The summed E-state index contributed by atoms with van der Waals surface area (Å²) in [6.07, 6.45) is 2.24. The number of methoxy groups -OCH3 is 1. The molecule has 100 valence electrons. The summed E-state index contributed by atoms with van der Waals surface area (Å²) in [5.74, 6) is 1.41. The number of benzene rings is 1. The standard InChI is InChI=1S/C13H15ClN4O/c1-19-10-4-2-9(3-5-10)6-7-16-13-11(15)12(14)17-8-18-13/h2-5,8H,6-7,15H2,1H3,(H,16,17,18). The summed E-state index contributed by atoms with van der Waals surface area (Å²) in [5, 5.41) is 3.40. The molecule has 0 saturated carbocycles. The lowest BCUT2D eigenvalue weighted by atomic mass is 10.1. The Hall–Kier alpha value is -2.01. The molecule has 1 heterocycles. The summed E-state index contributed by atoms with van der Waals surface area (Å²) in [6.45, 7) is 0.712. The maximum absolute atomic E-state index is 5.81. The van der Waals surface area contributed by atoms with E-state index in [9.17, 15) is 0 Å². The van der Waals surface area contributed by atoms with Crippen molar-refractivity contribution < 1.29 is 4.74 Å². The molecule has 0 bridgehead atoms. The Labute approximate surface area is 116 Å². The van der Waals surface area contributed by atoms with Gasteiger partial charge in [-0.15, -0.1) is 0 Å². The van der Waals surface area contributed by atoms with E-state index < -0.39 is 0 Å². The molecule has 2 aromatic rings. The number of rotatable bonds is 5. The van der Waals surface area contributed by atoms with Crippen LogP contribution in [0.15, 0.2) is 30.6 Å². The smallest absolute Gasteiger partial charge is 0.157 e. The quantitative estimate of drug-likeness (QED) is 0.822. The molecule has 1 aromatic carbocycles. The van der Waals surface area contributed by atoms with E-state index in [0.717, 1.165) is 12.2 Å². The molecule has 0 fully saturated rings. The minimum atomic E-state index is 0.266. The van der Waals surface area contributed by atoms with Crippen LogP contribution in [-0.4, -0.2) is 23.6 Å². The molecule has 5 nitrogen and oxygen atoms in total. The van der Waals surface area contributed by atoms with Crippen LogP contribution in [-0.2, 0) is 6.42 Å². The van der Waals surface area contributed by atoms with Crippen LogP contribution in [0.2, 0.25) is 5.15 Å². The van der Waals surface area contributed by atoms with Gasteiger partial charge in [0.2, 0.25) is 0 Å². The minimum Gasteiger partial charge on any atom is -0.497 e. The Morgan fingerprint density at radius 1 is 1.26 bits per heavy atom. The second-order valence-corrected chi connectivity index (χ2v) is 4.31. The van der Waals surface area contributed by atoms with Crippen molar-refractivity contribution in [1.82, 2.24) is 9.97 Å². The van der Waals surface area contributed by atoms with Crippen molar-refractivity contribution in [3.63, 3.8) is 0 Å². The molecule has 0 aliphatic heterocycles. The van der Waals surface area contributed by atoms with E-state index in [4.69, 9.17) is 22.1 Å². The van der Waals surface area contributed by atoms with Gasteiger partial charge in [0.1, 0.15) is 17.8 Å². The third-order valence-electron chi connectivity index (χ3n) is 2.70. The summed E-state index contributed by atoms with van der Waals surface area (Å²) >= 11 is 5.81. The first-order chi connectivity index (χ1) is 9.20. The lowest BCUT2D eigenvalue weighted by molar-refractivity contribution is 0.414. The maximum Gasteiger partial charge on any atom is 0.157 e. The number of nitrogen functional groups attached to an aromatic ring is 1. The second kappa shape index (κ2) is 6.24. The fourth-order valence-corrected chi connectivity index (χ4v) is 1.77. The predicted molar refractivity (Wildman–Crippen MR) is 76.6 cm³/mol. The van der Waals surface area contributed by atoms with Crippen molar-refractivity contribution in [1.29, 1.82) is 0 Å². The van der Waals surface area contributed by atoms with Crippen molar-refractivity contribution in [3.05, 3.63) is 41.3 Å². The van der Waals surface area contributed by atoms with Gasteiger partial charge in [-0.05, 0) is 24.1 Å². The first kappa shape index (κ1) is 13.4. The van der Waals surface area contributed by atoms with Gasteiger partial charge in [-0.1, -0.05) is 23.7 Å². The van der Waals surface area contributed by atoms with Crippen LogP contribution >= 0.6 is 11.6 Å². The SMILES string of the molecule is COc1ccc(CCNc2ncnc(Cl)c2N)cc1. The van der Waals surface area contributed by atoms with Crippen LogP contribution in [0.25, 0.3) is 0 Å². The van der Waals surface area contributed by atoms with Crippen LogP contribution in [0.1, 0.15) is 5.56 Å². The Morgan fingerprint density at radius 2 is 2.00 bits per heavy atom. The Balaban J connectivity index is 1.90. The number of hydrogen-bond acceptors (Lipinski definition) is 5. The summed E-state index contributed by atoms with van der Waals surface area (Å²) in [4.78, 5) is 7.85. The molecule has 19 heavy (non-hydrogen) atoms. The summed E-state index contributed by atoms with van der Waals surface area (Å²) in [5.41, 5.74) is 7.34. The lowest BCUT2D eigenvalue weighted by Gasteiger charge is -2.08. The summed E-state index contributed by atoms with van der Waals surface area (Å²) in [7, 11) is 1.65. The zero-order valence-corrected chi connectivity index (χ0v) is 11.3. The Kier molecular flexibility index (Phi) is 4.41. The topological polar surface area (TPSA) is 73.1 Å². The van der Waals surface area contributed by atoms with Gasteiger partial charge < -0.3 is 15.8 Å². The Bertz CT molecular complexity index is 545. The first-order valence-corrected chi connectivity index (χ1v) is 6.21. The van der Waals surface area contributed by atoms with E-state index in [1.54, 1.807) is 7.11 Å². The highest BCUT2D eigenvalue weighted by molar-refractivity contribution is 6.32. The average molecular weight is 279 g/mol. The molecule has 0 aliphatic rings. The zero-order chi connectivity index (χ0) is 13.7. The number of nitrogens with one attached hydrogen (secondary N) is 1. The summed E-state index contributed by atoms with van der Waals surface area (Å²) in [6, 6.07) is 7.92. The number of ether oxygens (including phenoxy) is 1. The molecule has 0 unspecified atom stereocenters. The van der Waals surface area contributed by atoms with Gasteiger partial charge in [0, 0.05) is 6.54 Å². The molecule has 0 spiro atoms. The van der Waals surface area contributed by atoms with E-state index >= 15 is 0 Å². The van der Waals surface area contributed by atoms with Crippen molar-refractivity contribution in [2.24, 2.45) is 0 Å². The Morgan fingerprint density at radius 3 is 2.68 bits per heavy atom. The first-order valence-electron chi connectivity index (χ1n) is 5.83. The van der Waals surface area contributed by atoms with Crippen LogP contribution < -0.4 is 15.8 Å². The molecule has 2 rings (SSSR count). The van der Waals surface area contributed by atoms with Gasteiger partial charge >= 0.3 is 0 Å². The summed E-state index contributed by atoms with van der Waals surface area (Å²) < 4.78 is 5.11. The molecule has 0 aliphatic carbocycles. The third-order valence-corrected chi connectivity index (χ3v) is 3.00. The number of halogens is 1. The molecule has 6 heteroatoms. The van der Waals surface area contributed by atoms with E-state index in [1.165, 1.54) is 11.9 Å². The lowest BCUT2D eigenvalue weighted by Crippen LogP contribution is -2.09. The van der Waals surface area contributed by atoms with Crippen LogP contribution in [0.3, 0.4) is 0 Å². The highest BCUT2D eigenvalue weighted by atomic mass is 35.5. The molecule has 0 radical (unpaired) electrons. The number of nitrogens with two attached hydrogens (primary N) is 1. The van der Waals surface area contributed by atoms with Gasteiger partial charge in [-0.3, -0.25) is 0 Å². The largest absolute Gasteiger partial charge is 0.497 e. The molecule has 3 N–H and O–H groups in total. The van der Waals surface area contributed by atoms with Gasteiger partial charge in [-0.2, -0.15) is 0 Å². The fourth-order valence-electron chi connectivity index (χ4n) is 1.63. The third kappa shape index (κ3) is 3.48. The van der Waals surface area contributed by atoms with Crippen LogP contribution in [0.5, 0.6) is 5.75 Å². The molecule has 0 amide bonds. The normalized spacial score (nSPS) is 10.2. The average Bonchev–Trinajstić information content (AvgIpc) is 2.44. The molecule has 1 aromatic heterocycles. The molecule has 0 saturated heterocycles. The van der Waals surface area contributed by atoms with Crippen molar-refractivity contribution in [2.45, 2.75) is 6.42 Å². The monoisotopic (exact) mass is 278 g/mol. The van der Waals surface area contributed by atoms with E-state index in [0.29, 0.717) is 18.1 Å². The van der Waals surface area contributed by atoms with E-state index in [-0.39, 0.29) is 5.15 Å². The van der Waals surface area contributed by atoms with Crippen molar-refractivity contribution in [2.75, 3.05) is 24.7 Å². The zero-order valence-electron chi connectivity index (χ0n) is 10.6. The van der Waals surface area contributed by atoms with Crippen molar-refractivity contribution in [3.8, 4) is 5.75 Å². The van der Waals surface area contributed by atoms with Crippen LogP contribution in [0.4, 0.5) is 11.5 Å². The van der Waals surface area contributed by atoms with Gasteiger partial charge in [-0.25, -0.2) is 9.97 Å². The second-order valence-electron chi connectivity index (χ2n) is 3.95.